The molecule has 9 heteroatoms. The molecule has 0 radical (unpaired) electrons. The van der Waals surface area contributed by atoms with Crippen LogP contribution in [0.4, 0.5) is 23.7 Å². The van der Waals surface area contributed by atoms with E-state index in [2.05, 4.69) is 10.1 Å². The normalized spacial score (nSPS) is 15.3. The van der Waals surface area contributed by atoms with Gasteiger partial charge < -0.3 is 10.1 Å². The molecule has 0 atom stereocenters. The number of alkyl halides is 3. The van der Waals surface area contributed by atoms with Gasteiger partial charge in [-0.15, -0.1) is 24.9 Å². The molecule has 1 saturated heterocycles. The van der Waals surface area contributed by atoms with Crippen LogP contribution in [0.2, 0.25) is 0 Å². The number of carbonyl (C=O) groups excluding carboxylic acids is 2. The Morgan fingerprint density at radius 3 is 2.45 bits per heavy atom. The lowest BCUT2D eigenvalue weighted by atomic mass is 10.3. The minimum Gasteiger partial charge on any atom is -0.406 e. The van der Waals surface area contributed by atoms with Gasteiger partial charge in [0.25, 0.3) is 0 Å². The van der Waals surface area contributed by atoms with Crippen LogP contribution in [0.1, 0.15) is 0 Å². The molecule has 1 heterocycles. The van der Waals surface area contributed by atoms with Crippen molar-refractivity contribution >= 4 is 29.4 Å². The van der Waals surface area contributed by atoms with E-state index < -0.39 is 12.4 Å². The van der Waals surface area contributed by atoms with Gasteiger partial charge in [0.05, 0.1) is 11.6 Å². The molecule has 1 N–H and O–H groups in total. The van der Waals surface area contributed by atoms with Gasteiger partial charge in [-0.1, -0.05) is 0 Å². The first-order chi connectivity index (χ1) is 9.35. The predicted molar refractivity (Wildman–Crippen MR) is 66.3 cm³/mol. The largest absolute Gasteiger partial charge is 0.573 e. The fourth-order valence-electron chi connectivity index (χ4n) is 1.48. The number of nitrogens with zero attached hydrogens (tertiary/aromatic N) is 1. The summed E-state index contributed by atoms with van der Waals surface area (Å²) in [7, 11) is 0. The van der Waals surface area contributed by atoms with Crippen molar-refractivity contribution in [1.82, 2.24) is 4.90 Å². The maximum absolute atomic E-state index is 12.0. The summed E-state index contributed by atoms with van der Waals surface area (Å²) in [6.07, 6.45) is -4.76. The van der Waals surface area contributed by atoms with Crippen LogP contribution in [0.3, 0.4) is 0 Å². The van der Waals surface area contributed by atoms with Gasteiger partial charge in [0, 0.05) is 5.69 Å². The molecule has 0 unspecified atom stereocenters. The third-order valence-electron chi connectivity index (χ3n) is 2.33. The Morgan fingerprint density at radius 1 is 1.30 bits per heavy atom. The van der Waals surface area contributed by atoms with E-state index in [0.717, 1.165) is 17.0 Å². The average Bonchev–Trinajstić information content (AvgIpc) is 2.76. The molecule has 0 aliphatic carbocycles. The molecule has 1 aliphatic heterocycles. The van der Waals surface area contributed by atoms with E-state index >= 15 is 0 Å². The fourth-order valence-corrected chi connectivity index (χ4v) is 2.34. The van der Waals surface area contributed by atoms with Crippen molar-refractivity contribution in [3.05, 3.63) is 24.3 Å². The fraction of sp³-hybridized carbons (Fsp3) is 0.273. The van der Waals surface area contributed by atoms with E-state index in [1.165, 1.54) is 23.9 Å². The van der Waals surface area contributed by atoms with Gasteiger partial charge >= 0.3 is 12.4 Å². The van der Waals surface area contributed by atoms with Crippen LogP contribution in [0.25, 0.3) is 0 Å². The second-order valence-corrected chi connectivity index (χ2v) is 4.76. The number of carbonyl (C=O) groups is 2. The first-order valence-corrected chi connectivity index (χ1v) is 6.55. The summed E-state index contributed by atoms with van der Waals surface area (Å²) in [5, 5.41) is 2.42. The van der Waals surface area contributed by atoms with E-state index in [0.29, 0.717) is 0 Å². The Labute approximate surface area is 116 Å². The van der Waals surface area contributed by atoms with Crippen LogP contribution in [-0.4, -0.2) is 34.8 Å². The Hall–Kier alpha value is -1.90. The number of benzene rings is 1. The molecule has 1 aromatic rings. The smallest absolute Gasteiger partial charge is 0.406 e. The average molecular weight is 306 g/mol. The highest BCUT2D eigenvalue weighted by molar-refractivity contribution is 8.00. The highest BCUT2D eigenvalue weighted by Gasteiger charge is 2.31. The molecule has 1 aliphatic rings. The highest BCUT2D eigenvalue weighted by atomic mass is 32.2. The highest BCUT2D eigenvalue weighted by Crippen LogP contribution is 2.24. The van der Waals surface area contributed by atoms with Crippen molar-refractivity contribution in [3.63, 3.8) is 0 Å². The van der Waals surface area contributed by atoms with Crippen molar-refractivity contribution in [2.75, 3.05) is 16.9 Å². The topological polar surface area (TPSA) is 58.6 Å². The summed E-state index contributed by atoms with van der Waals surface area (Å²) < 4.78 is 39.6. The van der Waals surface area contributed by atoms with E-state index in [1.807, 2.05) is 0 Å². The van der Waals surface area contributed by atoms with Crippen molar-refractivity contribution in [3.8, 4) is 5.75 Å². The number of thioether (sulfide) groups is 1. The lowest BCUT2D eigenvalue weighted by Crippen LogP contribution is -2.36. The SMILES string of the molecule is O=C1CSCN1C(=O)Nc1ccc(OC(F)(F)F)cc1. The van der Waals surface area contributed by atoms with Gasteiger partial charge in [0.1, 0.15) is 5.75 Å². The van der Waals surface area contributed by atoms with Gasteiger partial charge in [0.15, 0.2) is 0 Å². The number of imide groups is 1. The number of urea groups is 1. The lowest BCUT2D eigenvalue weighted by Gasteiger charge is -2.14. The van der Waals surface area contributed by atoms with Crippen molar-refractivity contribution in [2.24, 2.45) is 0 Å². The van der Waals surface area contributed by atoms with Crippen molar-refractivity contribution in [2.45, 2.75) is 6.36 Å². The zero-order chi connectivity index (χ0) is 14.8. The van der Waals surface area contributed by atoms with E-state index in [9.17, 15) is 22.8 Å². The molecular weight excluding hydrogens is 297 g/mol. The lowest BCUT2D eigenvalue weighted by molar-refractivity contribution is -0.274. The molecule has 2 rings (SSSR count). The van der Waals surface area contributed by atoms with Crippen LogP contribution in [-0.2, 0) is 4.79 Å². The number of anilines is 1. The molecular formula is C11H9F3N2O3S. The first-order valence-electron chi connectivity index (χ1n) is 5.40. The first kappa shape index (κ1) is 14.5. The van der Waals surface area contributed by atoms with Gasteiger partial charge in [-0.3, -0.25) is 9.69 Å². The van der Waals surface area contributed by atoms with Gasteiger partial charge in [0.2, 0.25) is 5.91 Å². The third-order valence-corrected chi connectivity index (χ3v) is 3.22. The second-order valence-electron chi connectivity index (χ2n) is 3.80. The minimum absolute atomic E-state index is 0.242. The van der Waals surface area contributed by atoms with Gasteiger partial charge in [-0.25, -0.2) is 4.79 Å². The van der Waals surface area contributed by atoms with Crippen LogP contribution in [0.15, 0.2) is 24.3 Å². The number of amides is 3. The maximum Gasteiger partial charge on any atom is 0.573 e. The maximum atomic E-state index is 12.0. The van der Waals surface area contributed by atoms with Crippen molar-refractivity contribution < 1.29 is 27.5 Å². The van der Waals surface area contributed by atoms with Gasteiger partial charge in [-0.05, 0) is 24.3 Å². The number of rotatable bonds is 2. The number of halogens is 3. The molecule has 20 heavy (non-hydrogen) atoms. The second kappa shape index (κ2) is 5.61. The zero-order valence-corrected chi connectivity index (χ0v) is 10.8. The Morgan fingerprint density at radius 2 is 1.95 bits per heavy atom. The Kier molecular flexibility index (Phi) is 4.07. The molecule has 0 spiro atoms. The zero-order valence-electron chi connectivity index (χ0n) is 9.94. The quantitative estimate of drug-likeness (QED) is 0.912. The summed E-state index contributed by atoms with van der Waals surface area (Å²) in [5.74, 6) is -0.182. The van der Waals surface area contributed by atoms with E-state index in [4.69, 9.17) is 0 Å². The number of nitrogens with one attached hydrogen (secondary N) is 1. The monoisotopic (exact) mass is 306 g/mol. The minimum atomic E-state index is -4.76. The van der Waals surface area contributed by atoms with Crippen LogP contribution in [0.5, 0.6) is 5.75 Å². The summed E-state index contributed by atoms with van der Waals surface area (Å²) in [5.41, 5.74) is 0.272. The number of ether oxygens (including phenoxy) is 1. The van der Waals surface area contributed by atoms with Crippen LogP contribution >= 0.6 is 11.8 Å². The standard InChI is InChI=1S/C11H9F3N2O3S/c12-11(13,14)19-8-3-1-7(2-4-8)15-10(18)16-6-20-5-9(16)17/h1-4H,5-6H2,(H,15,18). The molecule has 5 nitrogen and oxygen atoms in total. The summed E-state index contributed by atoms with van der Waals surface area (Å²) >= 11 is 1.31. The molecule has 1 fully saturated rings. The van der Waals surface area contributed by atoms with Crippen molar-refractivity contribution in [1.29, 1.82) is 0 Å². The summed E-state index contributed by atoms with van der Waals surface area (Å²) in [4.78, 5) is 24.1. The predicted octanol–water partition coefficient (Wildman–Crippen LogP) is 2.65. The summed E-state index contributed by atoms with van der Waals surface area (Å²) in [6, 6.07) is 4.05. The molecule has 108 valence electrons. The van der Waals surface area contributed by atoms with E-state index in [1.54, 1.807) is 0 Å². The van der Waals surface area contributed by atoms with Crippen LogP contribution < -0.4 is 10.1 Å². The molecule has 0 saturated carbocycles. The summed E-state index contributed by atoms with van der Waals surface area (Å²) in [6.45, 7) is 0. The van der Waals surface area contributed by atoms with Gasteiger partial charge in [-0.2, -0.15) is 0 Å². The molecule has 0 bridgehead atoms. The third kappa shape index (κ3) is 3.80. The Bertz CT molecular complexity index is 519. The Balaban J connectivity index is 1.97. The number of hydrogen-bond donors (Lipinski definition) is 1. The van der Waals surface area contributed by atoms with E-state index in [-0.39, 0.29) is 29.0 Å². The number of hydrogen-bond acceptors (Lipinski definition) is 4. The molecule has 3 amide bonds. The molecule has 0 aromatic heterocycles. The molecule has 1 aromatic carbocycles. The van der Waals surface area contributed by atoms with Crippen LogP contribution in [0, 0.1) is 0 Å².